The Morgan fingerprint density at radius 2 is 0.973 bits per heavy atom. The van der Waals surface area contributed by atoms with Crippen LogP contribution in [0.2, 0.25) is 0 Å². The van der Waals surface area contributed by atoms with E-state index in [9.17, 15) is 28.8 Å². The summed E-state index contributed by atoms with van der Waals surface area (Å²) in [6, 6.07) is 13.2. The number of rotatable bonds is 12. The van der Waals surface area contributed by atoms with Crippen molar-refractivity contribution < 1.29 is 53.2 Å². The molecule has 2 atom stereocenters. The number of carbonyl (C=O) groups is 6. The average Bonchev–Trinajstić information content (AvgIpc) is 2.86. The zero-order chi connectivity index (χ0) is 27.2. The van der Waals surface area contributed by atoms with Crippen molar-refractivity contribution in [3.8, 4) is 0 Å². The molecule has 0 saturated heterocycles. The van der Waals surface area contributed by atoms with Crippen LogP contribution in [0.5, 0.6) is 0 Å². The fourth-order valence-corrected chi connectivity index (χ4v) is 2.79. The SMILES string of the molecule is O=C(O)CC(NC(=O)OCc1ccccc1)C(=O)OC(=O)C(CC(=O)O)NC(=O)OCc1ccccc1. The highest BCUT2D eigenvalue weighted by molar-refractivity contribution is 5.96. The van der Waals surface area contributed by atoms with Crippen molar-refractivity contribution >= 4 is 36.1 Å². The molecule has 0 saturated carbocycles. The van der Waals surface area contributed by atoms with Gasteiger partial charge in [0.15, 0.2) is 0 Å². The highest BCUT2D eigenvalue weighted by Gasteiger charge is 2.32. The smallest absolute Gasteiger partial charge is 0.408 e. The summed E-state index contributed by atoms with van der Waals surface area (Å²) in [5.74, 6) is -6.03. The molecule has 0 aliphatic rings. The summed E-state index contributed by atoms with van der Waals surface area (Å²) in [6.45, 7) is -0.369. The second-order valence-corrected chi connectivity index (χ2v) is 7.45. The normalized spacial score (nSPS) is 11.8. The van der Waals surface area contributed by atoms with Gasteiger partial charge in [-0.05, 0) is 11.1 Å². The van der Waals surface area contributed by atoms with Crippen LogP contribution in [0.3, 0.4) is 0 Å². The van der Waals surface area contributed by atoms with E-state index in [0.717, 1.165) is 0 Å². The Kier molecular flexibility index (Phi) is 11.1. The van der Waals surface area contributed by atoms with Crippen LogP contribution in [-0.4, -0.2) is 58.4 Å². The Hall–Kier alpha value is -4.94. The summed E-state index contributed by atoms with van der Waals surface area (Å²) >= 11 is 0. The third-order valence-electron chi connectivity index (χ3n) is 4.54. The van der Waals surface area contributed by atoms with E-state index in [1.165, 1.54) is 0 Å². The fourth-order valence-electron chi connectivity index (χ4n) is 2.79. The zero-order valence-electron chi connectivity index (χ0n) is 19.3. The molecule has 2 aromatic carbocycles. The predicted octanol–water partition coefficient (Wildman–Crippen LogP) is 1.60. The molecule has 0 fully saturated rings. The molecular formula is C24H24N2O11. The maximum atomic E-state index is 12.4. The monoisotopic (exact) mass is 516 g/mol. The van der Waals surface area contributed by atoms with Crippen LogP contribution in [0.1, 0.15) is 24.0 Å². The topological polar surface area (TPSA) is 195 Å². The number of benzene rings is 2. The van der Waals surface area contributed by atoms with E-state index < -0.39 is 61.0 Å². The molecule has 2 rings (SSSR count). The first-order chi connectivity index (χ1) is 17.6. The Balaban J connectivity index is 1.97. The third kappa shape index (κ3) is 10.9. The van der Waals surface area contributed by atoms with Gasteiger partial charge < -0.3 is 35.1 Å². The van der Waals surface area contributed by atoms with Crippen LogP contribution in [0, 0.1) is 0 Å². The summed E-state index contributed by atoms with van der Waals surface area (Å²) in [5, 5.41) is 22.1. The molecule has 0 radical (unpaired) electrons. The largest absolute Gasteiger partial charge is 0.481 e. The van der Waals surface area contributed by atoms with Crippen molar-refractivity contribution in [3.05, 3.63) is 71.8 Å². The molecular weight excluding hydrogens is 492 g/mol. The average molecular weight is 516 g/mol. The lowest BCUT2D eigenvalue weighted by atomic mass is 10.2. The van der Waals surface area contributed by atoms with Crippen molar-refractivity contribution in [3.63, 3.8) is 0 Å². The van der Waals surface area contributed by atoms with Gasteiger partial charge in [0.1, 0.15) is 25.3 Å². The minimum Gasteiger partial charge on any atom is -0.481 e. The van der Waals surface area contributed by atoms with Crippen LogP contribution in [-0.2, 0) is 46.6 Å². The lowest BCUT2D eigenvalue weighted by Gasteiger charge is -2.18. The number of amides is 2. The van der Waals surface area contributed by atoms with E-state index in [1.54, 1.807) is 60.7 Å². The maximum Gasteiger partial charge on any atom is 0.408 e. The molecule has 0 bridgehead atoms. The Labute approximate surface area is 210 Å². The van der Waals surface area contributed by atoms with Gasteiger partial charge in [0.25, 0.3) is 0 Å². The minimum atomic E-state index is -1.85. The molecule has 2 unspecified atom stereocenters. The number of carboxylic acids is 2. The van der Waals surface area contributed by atoms with Gasteiger partial charge in [0.05, 0.1) is 12.8 Å². The van der Waals surface area contributed by atoms with Crippen LogP contribution >= 0.6 is 0 Å². The number of nitrogens with one attached hydrogen (secondary N) is 2. The van der Waals surface area contributed by atoms with Crippen molar-refractivity contribution in [2.24, 2.45) is 0 Å². The van der Waals surface area contributed by atoms with Crippen LogP contribution in [0.4, 0.5) is 9.59 Å². The summed E-state index contributed by atoms with van der Waals surface area (Å²) in [7, 11) is 0. The van der Waals surface area contributed by atoms with Crippen LogP contribution in [0.25, 0.3) is 0 Å². The quantitative estimate of drug-likeness (QED) is 0.182. The molecule has 0 spiro atoms. The Morgan fingerprint density at radius 1 is 0.622 bits per heavy atom. The number of hydrogen-bond donors (Lipinski definition) is 4. The number of carbonyl (C=O) groups excluding carboxylic acids is 4. The van der Waals surface area contributed by atoms with Crippen molar-refractivity contribution in [1.82, 2.24) is 10.6 Å². The molecule has 13 heteroatoms. The van der Waals surface area contributed by atoms with Gasteiger partial charge >= 0.3 is 36.1 Å². The third-order valence-corrected chi connectivity index (χ3v) is 4.54. The van der Waals surface area contributed by atoms with E-state index in [-0.39, 0.29) is 13.2 Å². The molecule has 2 amide bonds. The zero-order valence-corrected chi connectivity index (χ0v) is 19.3. The van der Waals surface area contributed by atoms with E-state index in [2.05, 4.69) is 4.74 Å². The Morgan fingerprint density at radius 3 is 1.30 bits per heavy atom. The first-order valence-electron chi connectivity index (χ1n) is 10.8. The first-order valence-corrected chi connectivity index (χ1v) is 10.8. The number of alkyl carbamates (subject to hydrolysis) is 2. The molecule has 0 aromatic heterocycles. The van der Waals surface area contributed by atoms with Gasteiger partial charge in [-0.3, -0.25) is 9.59 Å². The summed E-state index contributed by atoms with van der Waals surface area (Å²) in [5.41, 5.74) is 1.24. The van der Waals surface area contributed by atoms with Gasteiger partial charge in [-0.1, -0.05) is 60.7 Å². The second kappa shape index (κ2) is 14.5. The van der Waals surface area contributed by atoms with Crippen molar-refractivity contribution in [2.75, 3.05) is 0 Å². The number of ether oxygens (including phenoxy) is 3. The predicted molar refractivity (Wildman–Crippen MR) is 123 cm³/mol. The Bertz CT molecular complexity index is 1020. The molecule has 196 valence electrons. The van der Waals surface area contributed by atoms with E-state index in [0.29, 0.717) is 11.1 Å². The molecule has 37 heavy (non-hydrogen) atoms. The van der Waals surface area contributed by atoms with Gasteiger partial charge in [-0.2, -0.15) is 0 Å². The van der Waals surface area contributed by atoms with Crippen LogP contribution < -0.4 is 10.6 Å². The van der Waals surface area contributed by atoms with Crippen molar-refractivity contribution in [2.45, 2.75) is 38.1 Å². The molecule has 4 N–H and O–H groups in total. The first kappa shape index (κ1) is 28.3. The molecule has 13 nitrogen and oxygen atoms in total. The standard InChI is InChI=1S/C24H24N2O11/c27-19(28)11-17(25-23(33)35-13-15-7-3-1-4-8-15)21(31)37-22(32)18(12-20(29)30)26-24(34)36-14-16-9-5-2-6-10-16/h1-10,17-18H,11-14H2,(H,25,33)(H,26,34)(H,27,28)(H,29,30). The highest BCUT2D eigenvalue weighted by Crippen LogP contribution is 2.06. The minimum absolute atomic E-state index is 0.184. The molecule has 0 heterocycles. The van der Waals surface area contributed by atoms with Crippen LogP contribution in [0.15, 0.2) is 60.7 Å². The lowest BCUT2D eigenvalue weighted by molar-refractivity contribution is -0.165. The number of carboxylic acid groups (broad SMARTS) is 2. The summed E-state index contributed by atoms with van der Waals surface area (Å²) in [6.07, 6.45) is -4.26. The number of aliphatic carboxylic acids is 2. The molecule has 0 aliphatic carbocycles. The van der Waals surface area contributed by atoms with Gasteiger partial charge in [-0.25, -0.2) is 19.2 Å². The van der Waals surface area contributed by atoms with E-state index >= 15 is 0 Å². The fraction of sp³-hybridized carbons (Fsp3) is 0.250. The van der Waals surface area contributed by atoms with Crippen molar-refractivity contribution in [1.29, 1.82) is 0 Å². The lowest BCUT2D eigenvalue weighted by Crippen LogP contribution is -2.48. The van der Waals surface area contributed by atoms with Gasteiger partial charge in [0, 0.05) is 0 Å². The maximum absolute atomic E-state index is 12.4. The second-order valence-electron chi connectivity index (χ2n) is 7.45. The summed E-state index contributed by atoms with van der Waals surface area (Å²) < 4.78 is 14.4. The van der Waals surface area contributed by atoms with Gasteiger partial charge in [-0.15, -0.1) is 0 Å². The summed E-state index contributed by atoms with van der Waals surface area (Å²) in [4.78, 5) is 71.2. The van der Waals surface area contributed by atoms with E-state index in [4.69, 9.17) is 19.7 Å². The number of hydrogen-bond acceptors (Lipinski definition) is 9. The number of esters is 2. The molecule has 2 aromatic rings. The van der Waals surface area contributed by atoms with Gasteiger partial charge in [0.2, 0.25) is 0 Å². The highest BCUT2D eigenvalue weighted by atomic mass is 16.6. The van der Waals surface area contributed by atoms with E-state index in [1.807, 2.05) is 10.6 Å². The molecule has 0 aliphatic heterocycles.